The van der Waals surface area contributed by atoms with E-state index in [0.29, 0.717) is 35.2 Å². The quantitative estimate of drug-likeness (QED) is 0.655. The van der Waals surface area contributed by atoms with Crippen LogP contribution in [0.2, 0.25) is 5.02 Å². The van der Waals surface area contributed by atoms with Gasteiger partial charge in [0, 0.05) is 24.7 Å². The molecule has 2 aromatic carbocycles. The summed E-state index contributed by atoms with van der Waals surface area (Å²) >= 11 is 5.97. The molecule has 4 nitrogen and oxygen atoms in total. The normalized spacial score (nSPS) is 19.8. The fourth-order valence-corrected chi connectivity index (χ4v) is 4.45. The van der Waals surface area contributed by atoms with Gasteiger partial charge in [-0.3, -0.25) is 14.5 Å². The van der Waals surface area contributed by atoms with Crippen LogP contribution in [-0.4, -0.2) is 41.2 Å². The number of amides is 2. The number of rotatable bonds is 5. The van der Waals surface area contributed by atoms with Crippen molar-refractivity contribution >= 4 is 29.0 Å². The van der Waals surface area contributed by atoms with Crippen LogP contribution in [0.5, 0.6) is 0 Å². The number of piperidine rings is 1. The molecule has 0 spiro atoms. The van der Waals surface area contributed by atoms with Gasteiger partial charge in [0.25, 0.3) is 11.8 Å². The minimum absolute atomic E-state index is 0.168. The number of hydrogen-bond acceptors (Lipinski definition) is 3. The van der Waals surface area contributed by atoms with Crippen molar-refractivity contribution in [2.45, 2.75) is 33.1 Å². The maximum absolute atomic E-state index is 13.4. The molecule has 156 valence electrons. The number of benzene rings is 2. The van der Waals surface area contributed by atoms with Crippen molar-refractivity contribution in [2.24, 2.45) is 5.92 Å². The van der Waals surface area contributed by atoms with Crippen LogP contribution in [0, 0.1) is 12.8 Å². The Morgan fingerprint density at radius 3 is 2.37 bits per heavy atom. The summed E-state index contributed by atoms with van der Waals surface area (Å²) in [6.45, 7) is 6.22. The number of aryl methyl sites for hydroxylation is 1. The molecular formula is C25H27ClN2O2. The van der Waals surface area contributed by atoms with Gasteiger partial charge in [0.2, 0.25) is 0 Å². The lowest BCUT2D eigenvalue weighted by atomic mass is 9.97. The molecule has 0 saturated carbocycles. The van der Waals surface area contributed by atoms with E-state index in [1.54, 1.807) is 0 Å². The van der Waals surface area contributed by atoms with Crippen LogP contribution in [0.4, 0.5) is 0 Å². The number of hydrogen-bond donors (Lipinski definition) is 0. The number of likely N-dealkylation sites (tertiary alicyclic amines) is 1. The molecule has 1 fully saturated rings. The van der Waals surface area contributed by atoms with Gasteiger partial charge < -0.3 is 4.90 Å². The first-order valence-electron chi connectivity index (χ1n) is 10.6. The van der Waals surface area contributed by atoms with Gasteiger partial charge in [0.15, 0.2) is 0 Å². The molecule has 4 rings (SSSR count). The molecule has 1 unspecified atom stereocenters. The highest BCUT2D eigenvalue weighted by atomic mass is 35.5. The summed E-state index contributed by atoms with van der Waals surface area (Å²) in [6, 6.07) is 15.4. The van der Waals surface area contributed by atoms with Gasteiger partial charge in [0.1, 0.15) is 5.70 Å². The van der Waals surface area contributed by atoms with Gasteiger partial charge in [0.05, 0.1) is 5.57 Å². The molecule has 1 atom stereocenters. The van der Waals surface area contributed by atoms with E-state index in [-0.39, 0.29) is 11.8 Å². The molecule has 0 aliphatic carbocycles. The van der Waals surface area contributed by atoms with Crippen LogP contribution in [-0.2, 0) is 16.0 Å². The van der Waals surface area contributed by atoms with Gasteiger partial charge in [-0.15, -0.1) is 0 Å². The highest BCUT2D eigenvalue weighted by Crippen LogP contribution is 2.34. The lowest BCUT2D eigenvalue weighted by molar-refractivity contribution is -0.137. The Morgan fingerprint density at radius 2 is 1.70 bits per heavy atom. The largest absolute Gasteiger partial charge is 0.366 e. The van der Waals surface area contributed by atoms with Crippen LogP contribution >= 0.6 is 11.6 Å². The minimum atomic E-state index is -0.189. The van der Waals surface area contributed by atoms with E-state index in [9.17, 15) is 9.59 Å². The second-order valence-corrected chi connectivity index (χ2v) is 8.86. The van der Waals surface area contributed by atoms with E-state index in [0.717, 1.165) is 42.6 Å². The first kappa shape index (κ1) is 20.7. The van der Waals surface area contributed by atoms with Crippen LogP contribution in [0.15, 0.2) is 54.2 Å². The zero-order chi connectivity index (χ0) is 21.3. The summed E-state index contributed by atoms with van der Waals surface area (Å²) in [5, 5.41) is 0.678. The van der Waals surface area contributed by atoms with Crippen molar-refractivity contribution in [2.75, 3.05) is 19.6 Å². The summed E-state index contributed by atoms with van der Waals surface area (Å²) in [6.07, 6.45) is 2.81. The summed E-state index contributed by atoms with van der Waals surface area (Å²) in [5.74, 6) is 0.154. The molecule has 2 heterocycles. The SMILES string of the molecule is Cc1ccc(C2=C(N3CCCC(C)C3)C(=O)N(CCc3ccc(Cl)cc3)C2=O)cc1. The Hall–Kier alpha value is -2.59. The second kappa shape index (κ2) is 8.65. The maximum atomic E-state index is 13.4. The molecule has 1 saturated heterocycles. The van der Waals surface area contributed by atoms with Crippen LogP contribution in [0.3, 0.4) is 0 Å². The molecule has 30 heavy (non-hydrogen) atoms. The third kappa shape index (κ3) is 4.15. The summed E-state index contributed by atoms with van der Waals surface area (Å²) in [4.78, 5) is 30.4. The average Bonchev–Trinajstić information content (AvgIpc) is 2.98. The van der Waals surface area contributed by atoms with Crippen molar-refractivity contribution in [3.05, 3.63) is 75.9 Å². The number of imide groups is 1. The molecule has 0 radical (unpaired) electrons. The molecule has 0 aromatic heterocycles. The Labute approximate surface area is 183 Å². The highest BCUT2D eigenvalue weighted by Gasteiger charge is 2.41. The third-order valence-electron chi connectivity index (χ3n) is 5.99. The molecule has 2 amide bonds. The summed E-state index contributed by atoms with van der Waals surface area (Å²) in [7, 11) is 0. The molecular weight excluding hydrogens is 396 g/mol. The monoisotopic (exact) mass is 422 g/mol. The molecule has 5 heteroatoms. The van der Waals surface area contributed by atoms with E-state index >= 15 is 0 Å². The standard InChI is InChI=1S/C25H27ClN2O2/c1-17-5-9-20(10-6-17)22-23(27-14-3-4-18(2)16-27)25(30)28(24(22)29)15-13-19-7-11-21(26)12-8-19/h5-12,18H,3-4,13-16H2,1-2H3. The van der Waals surface area contributed by atoms with E-state index in [4.69, 9.17) is 11.6 Å². The van der Waals surface area contributed by atoms with Crippen molar-refractivity contribution in [3.8, 4) is 0 Å². The molecule has 2 aliphatic rings. The van der Waals surface area contributed by atoms with Crippen molar-refractivity contribution in [3.63, 3.8) is 0 Å². The predicted molar refractivity (Wildman–Crippen MR) is 120 cm³/mol. The van der Waals surface area contributed by atoms with Gasteiger partial charge in [-0.05, 0) is 55.4 Å². The van der Waals surface area contributed by atoms with Crippen molar-refractivity contribution in [1.82, 2.24) is 9.80 Å². The molecule has 2 aliphatic heterocycles. The average molecular weight is 423 g/mol. The maximum Gasteiger partial charge on any atom is 0.277 e. The smallest absolute Gasteiger partial charge is 0.277 e. The topological polar surface area (TPSA) is 40.6 Å². The molecule has 0 bridgehead atoms. The number of carbonyl (C=O) groups is 2. The van der Waals surface area contributed by atoms with Crippen LogP contribution < -0.4 is 0 Å². The second-order valence-electron chi connectivity index (χ2n) is 8.42. The lowest BCUT2D eigenvalue weighted by Gasteiger charge is -2.33. The fraction of sp³-hybridized carbons (Fsp3) is 0.360. The zero-order valence-electron chi connectivity index (χ0n) is 17.5. The first-order chi connectivity index (χ1) is 14.4. The van der Waals surface area contributed by atoms with Crippen LogP contribution in [0.25, 0.3) is 5.57 Å². The van der Waals surface area contributed by atoms with Gasteiger partial charge >= 0.3 is 0 Å². The van der Waals surface area contributed by atoms with Gasteiger partial charge in [-0.1, -0.05) is 60.5 Å². The first-order valence-corrected chi connectivity index (χ1v) is 11.0. The Kier molecular flexibility index (Phi) is 5.96. The number of carbonyl (C=O) groups excluding carboxylic acids is 2. The van der Waals surface area contributed by atoms with Crippen LogP contribution in [0.1, 0.15) is 36.5 Å². The molecule has 0 N–H and O–H groups in total. The Bertz CT molecular complexity index is 979. The number of halogens is 1. The zero-order valence-corrected chi connectivity index (χ0v) is 18.3. The van der Waals surface area contributed by atoms with Gasteiger partial charge in [-0.2, -0.15) is 0 Å². The van der Waals surface area contributed by atoms with E-state index < -0.39 is 0 Å². The fourth-order valence-electron chi connectivity index (χ4n) is 4.32. The van der Waals surface area contributed by atoms with E-state index in [2.05, 4.69) is 11.8 Å². The molecule has 2 aromatic rings. The predicted octanol–water partition coefficient (Wildman–Crippen LogP) is 4.70. The summed E-state index contributed by atoms with van der Waals surface area (Å²) in [5.41, 5.74) is 4.12. The third-order valence-corrected chi connectivity index (χ3v) is 6.25. The Balaban J connectivity index is 1.64. The minimum Gasteiger partial charge on any atom is -0.366 e. The van der Waals surface area contributed by atoms with Crippen molar-refractivity contribution < 1.29 is 9.59 Å². The lowest BCUT2D eigenvalue weighted by Crippen LogP contribution is -2.39. The Morgan fingerprint density at radius 1 is 1.00 bits per heavy atom. The van der Waals surface area contributed by atoms with Crippen molar-refractivity contribution in [1.29, 1.82) is 0 Å². The highest BCUT2D eigenvalue weighted by molar-refractivity contribution is 6.35. The number of nitrogens with zero attached hydrogens (tertiary/aromatic N) is 2. The van der Waals surface area contributed by atoms with Gasteiger partial charge in [-0.25, -0.2) is 0 Å². The van der Waals surface area contributed by atoms with E-state index in [1.165, 1.54) is 4.90 Å². The van der Waals surface area contributed by atoms with E-state index in [1.807, 2.05) is 55.5 Å². The summed E-state index contributed by atoms with van der Waals surface area (Å²) < 4.78 is 0.